The second kappa shape index (κ2) is 7.36. The number of fused-ring (bicyclic) bond motifs is 1. The molecule has 3 aliphatic rings. The predicted molar refractivity (Wildman–Crippen MR) is 98.8 cm³/mol. The van der Waals surface area contributed by atoms with Crippen molar-refractivity contribution in [3.05, 3.63) is 35.1 Å². The Morgan fingerprint density at radius 3 is 2.62 bits per heavy atom. The molecule has 0 aromatic carbocycles. The van der Waals surface area contributed by atoms with Gasteiger partial charge in [0.15, 0.2) is 5.41 Å². The molecule has 0 fully saturated rings. The number of hydrogen-bond acceptors (Lipinski definition) is 5. The highest BCUT2D eigenvalue weighted by Crippen LogP contribution is 2.54. The maximum atomic E-state index is 10.0. The molecule has 0 aromatic rings. The normalized spacial score (nSPS) is 30.5. The predicted octanol–water partition coefficient (Wildman–Crippen LogP) is 3.01. The van der Waals surface area contributed by atoms with Gasteiger partial charge < -0.3 is 5.73 Å². The summed E-state index contributed by atoms with van der Waals surface area (Å²) in [5.74, 6) is 0.0616. The summed E-state index contributed by atoms with van der Waals surface area (Å²) in [4.78, 5) is 2.36. The zero-order valence-electron chi connectivity index (χ0n) is 15.3. The summed E-state index contributed by atoms with van der Waals surface area (Å²) >= 11 is 0. The summed E-state index contributed by atoms with van der Waals surface area (Å²) in [6, 6.07) is 6.69. The van der Waals surface area contributed by atoms with Gasteiger partial charge in [0.2, 0.25) is 0 Å². The standard InChI is InChI=1S/C21H25N5/c1-2-9-26-10-8-16-17(11-22)20(25)21(13-23,14-24)19(18(16)12-26)15-6-4-3-5-7-15/h3-4,8,15,18-19H,2,5-7,9-10,12,25H2,1H3. The molecule has 0 aromatic heterocycles. The zero-order chi connectivity index (χ0) is 18.7. The molecular weight excluding hydrogens is 322 g/mol. The Balaban J connectivity index is 2.16. The van der Waals surface area contributed by atoms with E-state index in [0.29, 0.717) is 5.57 Å². The molecule has 0 bridgehead atoms. The molecule has 0 spiro atoms. The maximum absolute atomic E-state index is 10.0. The van der Waals surface area contributed by atoms with Crippen LogP contribution in [-0.4, -0.2) is 24.5 Å². The topological polar surface area (TPSA) is 101 Å². The molecule has 134 valence electrons. The first kappa shape index (κ1) is 18.2. The summed E-state index contributed by atoms with van der Waals surface area (Å²) in [6.45, 7) is 4.71. The van der Waals surface area contributed by atoms with Crippen molar-refractivity contribution in [2.45, 2.75) is 32.6 Å². The average Bonchev–Trinajstić information content (AvgIpc) is 2.68. The molecule has 3 atom stereocenters. The third kappa shape index (κ3) is 2.72. The van der Waals surface area contributed by atoms with Crippen LogP contribution in [0.1, 0.15) is 32.6 Å². The molecule has 3 unspecified atom stereocenters. The molecule has 1 heterocycles. The molecule has 0 amide bonds. The van der Waals surface area contributed by atoms with E-state index >= 15 is 0 Å². The highest BCUT2D eigenvalue weighted by Gasteiger charge is 2.55. The highest BCUT2D eigenvalue weighted by molar-refractivity contribution is 5.56. The number of nitrogens with two attached hydrogens (primary N) is 1. The van der Waals surface area contributed by atoms with Crippen LogP contribution < -0.4 is 5.73 Å². The van der Waals surface area contributed by atoms with E-state index in [9.17, 15) is 15.8 Å². The molecule has 0 saturated heterocycles. The average molecular weight is 347 g/mol. The van der Waals surface area contributed by atoms with Crippen molar-refractivity contribution in [2.24, 2.45) is 28.9 Å². The molecule has 5 heteroatoms. The maximum Gasteiger partial charge on any atom is 0.187 e. The number of rotatable bonds is 3. The van der Waals surface area contributed by atoms with Crippen LogP contribution in [0.2, 0.25) is 0 Å². The van der Waals surface area contributed by atoms with E-state index in [2.05, 4.69) is 48.3 Å². The van der Waals surface area contributed by atoms with Crippen molar-refractivity contribution >= 4 is 0 Å². The SMILES string of the molecule is CCCN1CC=C2C(C#N)=C(N)C(C#N)(C#N)C(C3CC=CCC3)C2C1. The van der Waals surface area contributed by atoms with Gasteiger partial charge in [-0.15, -0.1) is 0 Å². The van der Waals surface area contributed by atoms with Crippen molar-refractivity contribution in [1.29, 1.82) is 15.8 Å². The summed E-state index contributed by atoms with van der Waals surface area (Å²) in [5.41, 5.74) is 6.39. The lowest BCUT2D eigenvalue weighted by Crippen LogP contribution is -2.52. The van der Waals surface area contributed by atoms with Crippen LogP contribution in [0.25, 0.3) is 0 Å². The lowest BCUT2D eigenvalue weighted by atomic mass is 9.55. The molecular formula is C21H25N5. The quantitative estimate of drug-likeness (QED) is 0.791. The van der Waals surface area contributed by atoms with Gasteiger partial charge in [-0.05, 0) is 43.7 Å². The fraction of sp³-hybridized carbons (Fsp3) is 0.571. The van der Waals surface area contributed by atoms with Gasteiger partial charge in [-0.3, -0.25) is 4.90 Å². The zero-order valence-corrected chi connectivity index (χ0v) is 15.3. The molecule has 2 N–H and O–H groups in total. The van der Waals surface area contributed by atoms with Gasteiger partial charge in [0.1, 0.15) is 6.07 Å². The van der Waals surface area contributed by atoms with Gasteiger partial charge in [-0.2, -0.15) is 15.8 Å². The Kier molecular flexibility index (Phi) is 5.17. The third-order valence-electron chi connectivity index (χ3n) is 6.16. The van der Waals surface area contributed by atoms with Gasteiger partial charge in [-0.1, -0.05) is 25.2 Å². The van der Waals surface area contributed by atoms with Crippen molar-refractivity contribution in [1.82, 2.24) is 4.90 Å². The van der Waals surface area contributed by atoms with Crippen LogP contribution in [0.5, 0.6) is 0 Å². The third-order valence-corrected chi connectivity index (χ3v) is 6.16. The lowest BCUT2D eigenvalue weighted by Gasteiger charge is -2.48. The molecule has 3 rings (SSSR count). The molecule has 0 radical (unpaired) electrons. The van der Waals surface area contributed by atoms with Crippen LogP contribution >= 0.6 is 0 Å². The van der Waals surface area contributed by atoms with E-state index < -0.39 is 5.41 Å². The van der Waals surface area contributed by atoms with Crippen LogP contribution in [0.4, 0.5) is 0 Å². The fourth-order valence-corrected chi connectivity index (χ4v) is 5.00. The van der Waals surface area contributed by atoms with Crippen LogP contribution in [0, 0.1) is 57.2 Å². The smallest absolute Gasteiger partial charge is 0.187 e. The van der Waals surface area contributed by atoms with Gasteiger partial charge in [0, 0.05) is 24.9 Å². The Bertz CT molecular complexity index is 769. The van der Waals surface area contributed by atoms with Crippen LogP contribution in [0.15, 0.2) is 35.1 Å². The number of nitriles is 3. The lowest BCUT2D eigenvalue weighted by molar-refractivity contribution is 0.110. The van der Waals surface area contributed by atoms with Crippen molar-refractivity contribution < 1.29 is 0 Å². The first-order chi connectivity index (χ1) is 12.6. The van der Waals surface area contributed by atoms with E-state index in [-0.39, 0.29) is 23.5 Å². The first-order valence-corrected chi connectivity index (χ1v) is 9.43. The second-order valence-corrected chi connectivity index (χ2v) is 7.53. The van der Waals surface area contributed by atoms with E-state index in [4.69, 9.17) is 5.73 Å². The molecule has 5 nitrogen and oxygen atoms in total. The van der Waals surface area contributed by atoms with Gasteiger partial charge in [0.05, 0.1) is 23.4 Å². The summed E-state index contributed by atoms with van der Waals surface area (Å²) in [5, 5.41) is 29.8. The summed E-state index contributed by atoms with van der Waals surface area (Å²) < 4.78 is 0. The van der Waals surface area contributed by atoms with E-state index in [1.807, 2.05) is 0 Å². The Morgan fingerprint density at radius 2 is 2.04 bits per heavy atom. The minimum atomic E-state index is -1.42. The Labute approximate surface area is 155 Å². The van der Waals surface area contributed by atoms with Gasteiger partial charge >= 0.3 is 0 Å². The molecule has 26 heavy (non-hydrogen) atoms. The fourth-order valence-electron chi connectivity index (χ4n) is 5.00. The minimum Gasteiger partial charge on any atom is -0.399 e. The van der Waals surface area contributed by atoms with E-state index in [1.165, 1.54) is 0 Å². The van der Waals surface area contributed by atoms with Gasteiger partial charge in [-0.25, -0.2) is 0 Å². The second-order valence-electron chi connectivity index (χ2n) is 7.53. The van der Waals surface area contributed by atoms with Crippen molar-refractivity contribution in [3.8, 4) is 18.2 Å². The highest BCUT2D eigenvalue weighted by atomic mass is 15.1. The van der Waals surface area contributed by atoms with Crippen LogP contribution in [0.3, 0.4) is 0 Å². The minimum absolute atomic E-state index is 0.00745. The van der Waals surface area contributed by atoms with E-state index in [1.54, 1.807) is 0 Å². The number of nitrogens with zero attached hydrogens (tertiary/aromatic N) is 4. The van der Waals surface area contributed by atoms with Crippen molar-refractivity contribution in [3.63, 3.8) is 0 Å². The first-order valence-electron chi connectivity index (χ1n) is 9.43. The van der Waals surface area contributed by atoms with Gasteiger partial charge in [0.25, 0.3) is 0 Å². The number of hydrogen-bond donors (Lipinski definition) is 1. The largest absolute Gasteiger partial charge is 0.399 e. The molecule has 2 aliphatic carbocycles. The Morgan fingerprint density at radius 1 is 1.27 bits per heavy atom. The summed E-state index contributed by atoms with van der Waals surface area (Å²) in [6.07, 6.45) is 10.3. The molecule has 1 aliphatic heterocycles. The molecule has 0 saturated carbocycles. The summed E-state index contributed by atoms with van der Waals surface area (Å²) in [7, 11) is 0. The van der Waals surface area contributed by atoms with E-state index in [0.717, 1.165) is 50.9 Å². The monoisotopic (exact) mass is 347 g/mol. The Hall–Kier alpha value is -2.55. The van der Waals surface area contributed by atoms with Crippen LogP contribution in [-0.2, 0) is 0 Å². The number of allylic oxidation sites excluding steroid dienone is 4. The van der Waals surface area contributed by atoms with Crippen molar-refractivity contribution in [2.75, 3.05) is 19.6 Å².